The summed E-state index contributed by atoms with van der Waals surface area (Å²) in [6.07, 6.45) is 7.25. The number of amides is 1. The zero-order valence-corrected chi connectivity index (χ0v) is 15.0. The lowest BCUT2D eigenvalue weighted by Crippen LogP contribution is -2.38. The Morgan fingerprint density at radius 2 is 2.33 bits per heavy atom. The van der Waals surface area contributed by atoms with Crippen LogP contribution in [0.15, 0.2) is 56.3 Å². The van der Waals surface area contributed by atoms with E-state index in [-0.39, 0.29) is 5.91 Å². The highest BCUT2D eigenvalue weighted by atomic mass is 79.9. The Balaban J connectivity index is 2.41. The van der Waals surface area contributed by atoms with Crippen molar-refractivity contribution in [2.75, 3.05) is 6.26 Å². The van der Waals surface area contributed by atoms with Crippen LogP contribution in [0.5, 0.6) is 0 Å². The van der Waals surface area contributed by atoms with Crippen LogP contribution in [-0.4, -0.2) is 22.9 Å². The molecular weight excluding hydrogens is 368 g/mol. The molecule has 1 amide bonds. The first-order chi connectivity index (χ1) is 10.1. The van der Waals surface area contributed by atoms with E-state index in [1.165, 1.54) is 11.8 Å². The Labute approximate surface area is 141 Å². The molecule has 0 aromatic carbocycles. The van der Waals surface area contributed by atoms with Gasteiger partial charge in [0.25, 0.3) is 5.91 Å². The number of carbonyl (C=O) groups is 1. The van der Waals surface area contributed by atoms with Crippen molar-refractivity contribution in [3.8, 4) is 0 Å². The molecule has 0 radical (unpaired) electrons. The van der Waals surface area contributed by atoms with E-state index in [4.69, 9.17) is 0 Å². The van der Waals surface area contributed by atoms with Crippen LogP contribution in [0.1, 0.15) is 11.8 Å². The topological polar surface area (TPSA) is 32.7 Å². The maximum Gasteiger partial charge on any atom is 0.252 e. The number of allylic oxidation sites excluding steroid dienone is 1. The highest BCUT2D eigenvalue weighted by Crippen LogP contribution is 2.27. The van der Waals surface area contributed by atoms with Gasteiger partial charge in [0, 0.05) is 21.0 Å². The van der Waals surface area contributed by atoms with Crippen LogP contribution in [0.25, 0.3) is 0 Å². The van der Waals surface area contributed by atoms with Crippen molar-refractivity contribution in [2.45, 2.75) is 13.5 Å². The first-order valence-electron chi connectivity index (χ1n) is 6.26. The smallest absolute Gasteiger partial charge is 0.252 e. The second-order valence-electron chi connectivity index (χ2n) is 4.23. The summed E-state index contributed by atoms with van der Waals surface area (Å²) in [7, 11) is 0. The van der Waals surface area contributed by atoms with E-state index in [0.29, 0.717) is 17.4 Å². The second kappa shape index (κ2) is 7.24. The Hall–Kier alpha value is -1.11. The van der Waals surface area contributed by atoms with Crippen molar-refractivity contribution in [1.29, 1.82) is 0 Å². The molecule has 0 fully saturated rings. The van der Waals surface area contributed by atoms with E-state index in [1.54, 1.807) is 28.4 Å². The van der Waals surface area contributed by atoms with E-state index >= 15 is 0 Å². The predicted octanol–water partition coefficient (Wildman–Crippen LogP) is 4.59. The van der Waals surface area contributed by atoms with Crippen LogP contribution in [-0.2, 0) is 11.3 Å². The van der Waals surface area contributed by atoms with Gasteiger partial charge in [0.15, 0.2) is 0 Å². The van der Waals surface area contributed by atoms with E-state index in [2.05, 4.69) is 27.5 Å². The number of aliphatic imine (C=N–C) groups is 1. The fourth-order valence-electron chi connectivity index (χ4n) is 1.83. The van der Waals surface area contributed by atoms with Crippen molar-refractivity contribution >= 4 is 50.8 Å². The standard InChI is InChI=1S/C15H15BrN2OS2/c1-4-11-5-6-14(19)18(15(11)17-10(2)20-3)9-13-12(16)7-8-21-13/h4-8H,2,9H2,1,3H3/b11-4-,17-15+. The molecule has 0 aliphatic carbocycles. The van der Waals surface area contributed by atoms with Crippen LogP contribution >= 0.6 is 39.0 Å². The van der Waals surface area contributed by atoms with Crippen LogP contribution < -0.4 is 0 Å². The van der Waals surface area contributed by atoms with E-state index in [1.807, 2.05) is 30.7 Å². The molecular formula is C15H15BrN2OS2. The van der Waals surface area contributed by atoms with Gasteiger partial charge in [0.05, 0.1) is 11.6 Å². The van der Waals surface area contributed by atoms with Gasteiger partial charge in [-0.25, -0.2) is 4.99 Å². The molecule has 21 heavy (non-hydrogen) atoms. The van der Waals surface area contributed by atoms with Gasteiger partial charge in [-0.3, -0.25) is 9.69 Å². The third-order valence-corrected chi connectivity index (χ3v) is 5.43. The lowest BCUT2D eigenvalue weighted by molar-refractivity contribution is -0.122. The average Bonchev–Trinajstić information content (AvgIpc) is 2.88. The molecule has 1 aliphatic heterocycles. The van der Waals surface area contributed by atoms with E-state index < -0.39 is 0 Å². The number of nitrogens with zero attached hydrogens (tertiary/aromatic N) is 2. The molecule has 0 N–H and O–H groups in total. The maximum absolute atomic E-state index is 12.3. The highest BCUT2D eigenvalue weighted by Gasteiger charge is 2.25. The molecule has 6 heteroatoms. The Kier molecular flexibility index (Phi) is 5.61. The molecule has 3 nitrogen and oxygen atoms in total. The molecule has 1 aromatic rings. The number of halogens is 1. The fourth-order valence-corrected chi connectivity index (χ4v) is 3.48. The Morgan fingerprint density at radius 1 is 1.57 bits per heavy atom. The largest absolute Gasteiger partial charge is 0.287 e. The fraction of sp³-hybridized carbons (Fsp3) is 0.200. The summed E-state index contributed by atoms with van der Waals surface area (Å²) in [5.41, 5.74) is 0.928. The molecule has 0 atom stereocenters. The number of amidine groups is 1. The minimum atomic E-state index is -0.0615. The van der Waals surface area contributed by atoms with Gasteiger partial charge in [-0.05, 0) is 46.6 Å². The van der Waals surface area contributed by atoms with Crippen LogP contribution in [0.3, 0.4) is 0 Å². The molecule has 0 saturated carbocycles. The molecule has 0 bridgehead atoms. The third kappa shape index (κ3) is 3.75. The number of hydrogen-bond donors (Lipinski definition) is 0. The summed E-state index contributed by atoms with van der Waals surface area (Å²) in [6, 6.07) is 1.98. The number of carbonyl (C=O) groups excluding carboxylic acids is 1. The molecule has 2 rings (SSSR count). The predicted molar refractivity (Wildman–Crippen MR) is 95.6 cm³/mol. The average molecular weight is 383 g/mol. The van der Waals surface area contributed by atoms with Crippen molar-refractivity contribution in [3.63, 3.8) is 0 Å². The molecule has 110 valence electrons. The Bertz CT molecular complexity index is 658. The quantitative estimate of drug-likeness (QED) is 0.762. The molecule has 1 aliphatic rings. The zero-order chi connectivity index (χ0) is 15.4. The number of hydrogen-bond acceptors (Lipinski definition) is 4. The van der Waals surface area contributed by atoms with E-state index in [9.17, 15) is 4.79 Å². The maximum atomic E-state index is 12.3. The minimum absolute atomic E-state index is 0.0615. The number of thioether (sulfide) groups is 1. The lowest BCUT2D eigenvalue weighted by Gasteiger charge is -2.26. The SMILES string of the molecule is C=C(/N=C1\C(=C/C)C=CC(=O)N1Cc1sccc1Br)SC. The van der Waals surface area contributed by atoms with Crippen molar-refractivity contribution < 1.29 is 4.79 Å². The molecule has 0 unspecified atom stereocenters. The zero-order valence-electron chi connectivity index (χ0n) is 11.8. The first-order valence-corrected chi connectivity index (χ1v) is 9.16. The molecule has 0 spiro atoms. The molecule has 2 heterocycles. The van der Waals surface area contributed by atoms with Gasteiger partial charge < -0.3 is 0 Å². The summed E-state index contributed by atoms with van der Waals surface area (Å²) in [6.45, 7) is 6.33. The van der Waals surface area contributed by atoms with E-state index in [0.717, 1.165) is 14.9 Å². The molecule has 0 saturated heterocycles. The van der Waals surface area contributed by atoms with Crippen LogP contribution in [0.4, 0.5) is 0 Å². The normalized spacial score (nSPS) is 18.8. The molecule has 1 aromatic heterocycles. The Morgan fingerprint density at radius 3 is 2.90 bits per heavy atom. The minimum Gasteiger partial charge on any atom is -0.287 e. The summed E-state index contributed by atoms with van der Waals surface area (Å²) in [4.78, 5) is 19.5. The van der Waals surface area contributed by atoms with Gasteiger partial charge >= 0.3 is 0 Å². The number of thiophene rings is 1. The van der Waals surface area contributed by atoms with Crippen LogP contribution in [0.2, 0.25) is 0 Å². The summed E-state index contributed by atoms with van der Waals surface area (Å²) in [5.74, 6) is 0.596. The summed E-state index contributed by atoms with van der Waals surface area (Å²) < 4.78 is 1.01. The van der Waals surface area contributed by atoms with Crippen molar-refractivity contribution in [3.05, 3.63) is 56.2 Å². The van der Waals surface area contributed by atoms with Gasteiger partial charge in [-0.15, -0.1) is 23.1 Å². The van der Waals surface area contributed by atoms with Crippen molar-refractivity contribution in [2.24, 2.45) is 4.99 Å². The van der Waals surface area contributed by atoms with Crippen LogP contribution in [0, 0.1) is 0 Å². The second-order valence-corrected chi connectivity index (χ2v) is 6.96. The number of rotatable bonds is 4. The van der Waals surface area contributed by atoms with Crippen molar-refractivity contribution in [1.82, 2.24) is 4.90 Å². The monoisotopic (exact) mass is 382 g/mol. The summed E-state index contributed by atoms with van der Waals surface area (Å²) in [5, 5.41) is 2.68. The van der Waals surface area contributed by atoms with Gasteiger partial charge in [0.1, 0.15) is 5.84 Å². The van der Waals surface area contributed by atoms with Gasteiger partial charge in [-0.1, -0.05) is 12.7 Å². The summed E-state index contributed by atoms with van der Waals surface area (Å²) >= 11 is 6.59. The van der Waals surface area contributed by atoms with Gasteiger partial charge in [0.2, 0.25) is 0 Å². The lowest BCUT2D eigenvalue weighted by atomic mass is 10.1. The highest BCUT2D eigenvalue weighted by molar-refractivity contribution is 9.10. The first kappa shape index (κ1) is 16.3. The third-order valence-electron chi connectivity index (χ3n) is 2.96. The van der Waals surface area contributed by atoms with Gasteiger partial charge in [-0.2, -0.15) is 0 Å².